The van der Waals surface area contributed by atoms with Gasteiger partial charge in [0.05, 0.1) is 0 Å². The fourth-order valence-corrected chi connectivity index (χ4v) is 2.59. The fraction of sp³-hybridized carbons (Fsp3) is 0.353. The number of carbonyl (C=O) groups is 2. The monoisotopic (exact) mass is 364 g/mol. The Morgan fingerprint density at radius 3 is 2.73 bits per heavy atom. The van der Waals surface area contributed by atoms with E-state index >= 15 is 0 Å². The van der Waals surface area contributed by atoms with Crippen LogP contribution in [0.3, 0.4) is 0 Å². The molecule has 3 rings (SSSR count). The number of halogens is 1. The van der Waals surface area contributed by atoms with E-state index in [0.717, 1.165) is 0 Å². The molecule has 9 heteroatoms. The Hall–Kier alpha value is -2.94. The van der Waals surface area contributed by atoms with E-state index in [9.17, 15) is 19.1 Å². The Balaban J connectivity index is 1.64. The molecule has 138 valence electrons. The Bertz CT molecular complexity index is 800. The second kappa shape index (κ2) is 7.52. The van der Waals surface area contributed by atoms with Crippen LogP contribution < -0.4 is 10.1 Å². The van der Waals surface area contributed by atoms with Crippen LogP contribution in [0.25, 0.3) is 0 Å². The second-order valence-corrected chi connectivity index (χ2v) is 5.85. The van der Waals surface area contributed by atoms with E-state index in [2.05, 4.69) is 10.5 Å². The molecule has 1 aliphatic rings. The number of carboxylic acid groups (broad SMARTS) is 1. The van der Waals surface area contributed by atoms with Crippen LogP contribution >= 0.6 is 0 Å². The minimum Gasteiger partial charge on any atom is -0.482 e. The van der Waals surface area contributed by atoms with Gasteiger partial charge in [0.25, 0.3) is 5.91 Å². The number of carboxylic acids is 1. The summed E-state index contributed by atoms with van der Waals surface area (Å²) in [6.45, 7) is 0.360. The average molecular weight is 364 g/mol. The third-order valence-corrected chi connectivity index (χ3v) is 4.11. The number of aliphatic carboxylic acids is 1. The van der Waals surface area contributed by atoms with Crippen molar-refractivity contribution in [3.8, 4) is 5.75 Å². The Morgan fingerprint density at radius 1 is 1.31 bits per heavy atom. The van der Waals surface area contributed by atoms with Crippen molar-refractivity contribution in [1.29, 1.82) is 0 Å². The van der Waals surface area contributed by atoms with E-state index < -0.39 is 23.2 Å². The number of carbonyl (C=O) groups excluding carboxylic acids is 1. The number of hydrogen-bond acceptors (Lipinski definition) is 6. The van der Waals surface area contributed by atoms with Crippen molar-refractivity contribution < 1.29 is 33.1 Å². The summed E-state index contributed by atoms with van der Waals surface area (Å²) in [4.78, 5) is 23.9. The van der Waals surface area contributed by atoms with Gasteiger partial charge in [0.1, 0.15) is 12.1 Å². The zero-order chi connectivity index (χ0) is 18.6. The minimum atomic E-state index is -1.39. The van der Waals surface area contributed by atoms with E-state index in [1.165, 1.54) is 24.3 Å². The van der Waals surface area contributed by atoms with Crippen LogP contribution in [-0.2, 0) is 16.1 Å². The normalized spacial score (nSPS) is 16.0. The number of hydrogen-bond donors (Lipinski definition) is 2. The SMILES string of the molecule is O=C(NC1(C(=O)O)CCOCC1)c1cc(COc2ccccc2F)on1. The lowest BCUT2D eigenvalue weighted by Gasteiger charge is -2.33. The summed E-state index contributed by atoms with van der Waals surface area (Å²) in [6, 6.07) is 7.20. The third-order valence-electron chi connectivity index (χ3n) is 4.11. The number of ether oxygens (including phenoxy) is 2. The lowest BCUT2D eigenvalue weighted by Crippen LogP contribution is -2.57. The van der Waals surface area contributed by atoms with Crippen LogP contribution in [0.4, 0.5) is 4.39 Å². The maximum Gasteiger partial charge on any atom is 0.329 e. The van der Waals surface area contributed by atoms with Gasteiger partial charge in [0.2, 0.25) is 0 Å². The number of aromatic nitrogens is 1. The summed E-state index contributed by atoms with van der Waals surface area (Å²) in [5.74, 6) is -2.07. The van der Waals surface area contributed by atoms with Gasteiger partial charge in [-0.25, -0.2) is 9.18 Å². The zero-order valence-electron chi connectivity index (χ0n) is 13.7. The van der Waals surface area contributed by atoms with Gasteiger partial charge in [0.15, 0.2) is 23.0 Å². The van der Waals surface area contributed by atoms with Crippen LogP contribution in [0.2, 0.25) is 0 Å². The number of rotatable bonds is 6. The average Bonchev–Trinajstić information content (AvgIpc) is 3.11. The molecule has 1 aliphatic heterocycles. The highest BCUT2D eigenvalue weighted by molar-refractivity contribution is 5.96. The van der Waals surface area contributed by atoms with Gasteiger partial charge in [-0.3, -0.25) is 4.79 Å². The van der Waals surface area contributed by atoms with Gasteiger partial charge < -0.3 is 24.4 Å². The van der Waals surface area contributed by atoms with Gasteiger partial charge in [-0.2, -0.15) is 0 Å². The molecule has 2 aromatic rings. The molecule has 0 atom stereocenters. The van der Waals surface area contributed by atoms with Gasteiger partial charge in [-0.1, -0.05) is 17.3 Å². The molecule has 0 spiro atoms. The molecule has 2 heterocycles. The smallest absolute Gasteiger partial charge is 0.329 e. The first-order valence-corrected chi connectivity index (χ1v) is 7.97. The van der Waals surface area contributed by atoms with Gasteiger partial charge in [-0.05, 0) is 12.1 Å². The molecule has 26 heavy (non-hydrogen) atoms. The Morgan fingerprint density at radius 2 is 2.04 bits per heavy atom. The summed E-state index contributed by atoms with van der Waals surface area (Å²) in [5, 5.41) is 15.6. The van der Waals surface area contributed by atoms with Crippen molar-refractivity contribution in [1.82, 2.24) is 10.5 Å². The maximum atomic E-state index is 13.5. The predicted molar refractivity (Wildman–Crippen MR) is 85.1 cm³/mol. The molecule has 1 aromatic heterocycles. The van der Waals surface area contributed by atoms with E-state index in [4.69, 9.17) is 14.0 Å². The molecule has 0 radical (unpaired) electrons. The molecule has 0 unspecified atom stereocenters. The highest BCUT2D eigenvalue weighted by Gasteiger charge is 2.42. The van der Waals surface area contributed by atoms with E-state index in [-0.39, 0.29) is 49.9 Å². The van der Waals surface area contributed by atoms with Crippen molar-refractivity contribution in [2.45, 2.75) is 25.0 Å². The van der Waals surface area contributed by atoms with Crippen LogP contribution in [0.15, 0.2) is 34.9 Å². The first-order valence-electron chi connectivity index (χ1n) is 7.97. The zero-order valence-corrected chi connectivity index (χ0v) is 13.7. The standard InChI is InChI=1S/C17H17FN2O6/c18-12-3-1-2-4-14(12)25-10-11-9-13(20-26-11)15(21)19-17(16(22)23)5-7-24-8-6-17/h1-4,9H,5-8,10H2,(H,19,21)(H,22,23). The van der Waals surface area contributed by atoms with Crippen molar-refractivity contribution in [3.05, 3.63) is 47.6 Å². The van der Waals surface area contributed by atoms with Crippen LogP contribution in [0.1, 0.15) is 29.1 Å². The fourth-order valence-electron chi connectivity index (χ4n) is 2.59. The Kier molecular flexibility index (Phi) is 5.17. The molecular formula is C17H17FN2O6. The summed E-state index contributed by atoms with van der Waals surface area (Å²) in [7, 11) is 0. The van der Waals surface area contributed by atoms with Crippen molar-refractivity contribution >= 4 is 11.9 Å². The molecule has 8 nitrogen and oxygen atoms in total. The molecule has 2 N–H and O–H groups in total. The maximum absolute atomic E-state index is 13.5. The first-order chi connectivity index (χ1) is 12.5. The number of para-hydroxylation sites is 1. The summed E-state index contributed by atoms with van der Waals surface area (Å²) < 4.78 is 28.9. The van der Waals surface area contributed by atoms with E-state index in [1.807, 2.05) is 0 Å². The van der Waals surface area contributed by atoms with E-state index in [0.29, 0.717) is 0 Å². The van der Waals surface area contributed by atoms with Crippen LogP contribution in [0.5, 0.6) is 5.75 Å². The molecule has 1 saturated heterocycles. The second-order valence-electron chi connectivity index (χ2n) is 5.85. The summed E-state index contributed by atoms with van der Waals surface area (Å²) in [5.41, 5.74) is -1.47. The largest absolute Gasteiger partial charge is 0.482 e. The van der Waals surface area contributed by atoms with Gasteiger partial charge in [0, 0.05) is 32.1 Å². The van der Waals surface area contributed by atoms with E-state index in [1.54, 1.807) is 6.07 Å². The highest BCUT2D eigenvalue weighted by atomic mass is 19.1. The molecular weight excluding hydrogens is 347 g/mol. The lowest BCUT2D eigenvalue weighted by molar-refractivity contribution is -0.148. The molecule has 0 bridgehead atoms. The molecule has 1 fully saturated rings. The van der Waals surface area contributed by atoms with Gasteiger partial charge in [-0.15, -0.1) is 0 Å². The van der Waals surface area contributed by atoms with Crippen LogP contribution in [0, 0.1) is 5.82 Å². The Labute approximate surface area is 147 Å². The first kappa shape index (κ1) is 17.9. The molecule has 0 saturated carbocycles. The number of amides is 1. The van der Waals surface area contributed by atoms with Crippen LogP contribution in [-0.4, -0.2) is 40.9 Å². The lowest BCUT2D eigenvalue weighted by atomic mass is 9.90. The summed E-state index contributed by atoms with van der Waals surface area (Å²) >= 11 is 0. The third kappa shape index (κ3) is 3.83. The predicted octanol–water partition coefficient (Wildman–Crippen LogP) is 1.76. The molecule has 1 amide bonds. The van der Waals surface area contributed by atoms with Crippen molar-refractivity contribution in [2.24, 2.45) is 0 Å². The number of nitrogens with one attached hydrogen (secondary N) is 1. The number of nitrogens with zero attached hydrogens (tertiary/aromatic N) is 1. The van der Waals surface area contributed by atoms with Crippen molar-refractivity contribution in [3.63, 3.8) is 0 Å². The molecule has 0 aliphatic carbocycles. The minimum absolute atomic E-state index is 0.0435. The van der Waals surface area contributed by atoms with Crippen molar-refractivity contribution in [2.75, 3.05) is 13.2 Å². The molecule has 1 aromatic carbocycles. The number of benzene rings is 1. The topological polar surface area (TPSA) is 111 Å². The summed E-state index contributed by atoms with van der Waals surface area (Å²) in [6.07, 6.45) is 0.324. The quantitative estimate of drug-likeness (QED) is 0.803. The highest BCUT2D eigenvalue weighted by Crippen LogP contribution is 2.22. The van der Waals surface area contributed by atoms with Gasteiger partial charge >= 0.3 is 5.97 Å².